The Morgan fingerprint density at radius 2 is 1.63 bits per heavy atom. The average molecular weight is 355 g/mol. The lowest BCUT2D eigenvalue weighted by Crippen LogP contribution is -1.99. The van der Waals surface area contributed by atoms with E-state index in [0.717, 1.165) is 27.8 Å². The van der Waals surface area contributed by atoms with Crippen molar-refractivity contribution in [3.63, 3.8) is 0 Å². The number of benzene rings is 2. The highest BCUT2D eigenvalue weighted by Gasteiger charge is 2.13. The van der Waals surface area contributed by atoms with Crippen molar-refractivity contribution in [2.24, 2.45) is 0 Å². The SMILES string of the molecule is Cc1ccc(-c2ncc3ccccc3n2)nc1Oc1ccccc1C(C)C. The molecule has 0 aliphatic heterocycles. The van der Waals surface area contributed by atoms with Gasteiger partial charge in [0.25, 0.3) is 0 Å². The molecule has 0 fully saturated rings. The van der Waals surface area contributed by atoms with Crippen LogP contribution in [0.25, 0.3) is 22.4 Å². The summed E-state index contributed by atoms with van der Waals surface area (Å²) in [4.78, 5) is 13.8. The van der Waals surface area contributed by atoms with Gasteiger partial charge in [-0.05, 0) is 36.6 Å². The summed E-state index contributed by atoms with van der Waals surface area (Å²) in [6.45, 7) is 6.30. The number of fused-ring (bicyclic) bond motifs is 1. The van der Waals surface area contributed by atoms with Crippen molar-refractivity contribution in [1.82, 2.24) is 15.0 Å². The molecule has 134 valence electrons. The molecule has 2 aromatic heterocycles. The second-order valence-electron chi connectivity index (χ2n) is 6.87. The minimum absolute atomic E-state index is 0.369. The van der Waals surface area contributed by atoms with Crippen LogP contribution >= 0.6 is 0 Å². The molecule has 4 heteroatoms. The smallest absolute Gasteiger partial charge is 0.222 e. The summed E-state index contributed by atoms with van der Waals surface area (Å²) in [5, 5.41) is 1.01. The monoisotopic (exact) mass is 355 g/mol. The quantitative estimate of drug-likeness (QED) is 0.456. The van der Waals surface area contributed by atoms with Gasteiger partial charge in [-0.2, -0.15) is 0 Å². The van der Waals surface area contributed by atoms with Gasteiger partial charge in [-0.15, -0.1) is 0 Å². The Morgan fingerprint density at radius 1 is 0.852 bits per heavy atom. The van der Waals surface area contributed by atoms with Crippen molar-refractivity contribution in [2.45, 2.75) is 26.7 Å². The number of rotatable bonds is 4. The summed E-state index contributed by atoms with van der Waals surface area (Å²) in [5.41, 5.74) is 3.73. The molecule has 0 radical (unpaired) electrons. The Morgan fingerprint density at radius 3 is 2.48 bits per heavy atom. The van der Waals surface area contributed by atoms with Gasteiger partial charge in [0.15, 0.2) is 5.82 Å². The van der Waals surface area contributed by atoms with E-state index in [0.29, 0.717) is 23.3 Å². The lowest BCUT2D eigenvalue weighted by molar-refractivity contribution is 0.451. The second-order valence-corrected chi connectivity index (χ2v) is 6.87. The third kappa shape index (κ3) is 3.51. The summed E-state index contributed by atoms with van der Waals surface area (Å²) in [6.07, 6.45) is 1.83. The van der Waals surface area contributed by atoms with Crippen molar-refractivity contribution in [2.75, 3.05) is 0 Å². The molecule has 0 aliphatic rings. The third-order valence-electron chi connectivity index (χ3n) is 4.52. The molecule has 2 aromatic carbocycles. The van der Waals surface area contributed by atoms with Crippen LogP contribution in [0, 0.1) is 6.92 Å². The van der Waals surface area contributed by atoms with Crippen LogP contribution in [0.15, 0.2) is 66.9 Å². The molecule has 0 saturated heterocycles. The highest BCUT2D eigenvalue weighted by molar-refractivity contribution is 5.79. The maximum Gasteiger partial charge on any atom is 0.222 e. The highest BCUT2D eigenvalue weighted by Crippen LogP contribution is 2.32. The number of aryl methyl sites for hydroxylation is 1. The highest BCUT2D eigenvalue weighted by atomic mass is 16.5. The van der Waals surface area contributed by atoms with Gasteiger partial charge in [-0.25, -0.2) is 15.0 Å². The zero-order chi connectivity index (χ0) is 18.8. The van der Waals surface area contributed by atoms with Crippen LogP contribution in [0.4, 0.5) is 0 Å². The third-order valence-corrected chi connectivity index (χ3v) is 4.52. The molecular formula is C23H21N3O. The van der Waals surface area contributed by atoms with Crippen molar-refractivity contribution < 1.29 is 4.74 Å². The number of para-hydroxylation sites is 2. The van der Waals surface area contributed by atoms with Crippen LogP contribution in [0.1, 0.15) is 30.9 Å². The lowest BCUT2D eigenvalue weighted by atomic mass is 10.0. The van der Waals surface area contributed by atoms with Gasteiger partial charge in [0.05, 0.1) is 5.52 Å². The van der Waals surface area contributed by atoms with Gasteiger partial charge in [0.1, 0.15) is 11.4 Å². The van der Waals surface area contributed by atoms with E-state index in [-0.39, 0.29) is 0 Å². The normalized spacial score (nSPS) is 11.1. The molecular weight excluding hydrogens is 334 g/mol. The van der Waals surface area contributed by atoms with E-state index in [1.165, 1.54) is 0 Å². The van der Waals surface area contributed by atoms with Gasteiger partial charge >= 0.3 is 0 Å². The molecule has 0 aliphatic carbocycles. The first-order valence-corrected chi connectivity index (χ1v) is 9.08. The van der Waals surface area contributed by atoms with Crippen LogP contribution in [0.3, 0.4) is 0 Å². The maximum absolute atomic E-state index is 6.18. The molecule has 4 aromatic rings. The fraction of sp³-hybridized carbons (Fsp3) is 0.174. The molecule has 27 heavy (non-hydrogen) atoms. The summed E-state index contributed by atoms with van der Waals surface area (Å²) < 4.78 is 6.18. The van der Waals surface area contributed by atoms with Gasteiger partial charge in [0.2, 0.25) is 5.88 Å². The van der Waals surface area contributed by atoms with E-state index in [1.54, 1.807) is 0 Å². The number of ether oxygens (including phenoxy) is 1. The van der Waals surface area contributed by atoms with E-state index in [2.05, 4.69) is 29.9 Å². The van der Waals surface area contributed by atoms with Crippen LogP contribution in [-0.4, -0.2) is 15.0 Å². The average Bonchev–Trinajstić information content (AvgIpc) is 2.69. The second kappa shape index (κ2) is 7.16. The molecule has 0 N–H and O–H groups in total. The fourth-order valence-corrected chi connectivity index (χ4v) is 2.99. The minimum atomic E-state index is 0.369. The predicted octanol–water partition coefficient (Wildman–Crippen LogP) is 5.92. The van der Waals surface area contributed by atoms with Crippen molar-refractivity contribution in [1.29, 1.82) is 0 Å². The molecule has 0 spiro atoms. The molecule has 0 atom stereocenters. The van der Waals surface area contributed by atoms with Crippen molar-refractivity contribution >= 4 is 10.9 Å². The van der Waals surface area contributed by atoms with Crippen LogP contribution in [0.2, 0.25) is 0 Å². The molecule has 4 rings (SSSR count). The number of pyridine rings is 1. The van der Waals surface area contributed by atoms with Gasteiger partial charge in [-0.3, -0.25) is 0 Å². The first kappa shape index (κ1) is 17.2. The Balaban J connectivity index is 1.73. The number of hydrogen-bond donors (Lipinski definition) is 0. The molecule has 0 bridgehead atoms. The summed E-state index contributed by atoms with van der Waals surface area (Å²) in [5.74, 6) is 2.38. The standard InChI is InChI=1S/C23H21N3O/c1-15(2)18-9-5-7-11-21(18)27-23-16(3)12-13-20(26-23)22-24-14-17-8-4-6-10-19(17)25-22/h4-15H,1-3H3. The largest absolute Gasteiger partial charge is 0.438 e. The van der Waals surface area contributed by atoms with Gasteiger partial charge in [0, 0.05) is 17.1 Å². The Bertz CT molecular complexity index is 1110. The minimum Gasteiger partial charge on any atom is -0.438 e. The van der Waals surface area contributed by atoms with Crippen LogP contribution in [-0.2, 0) is 0 Å². The fourth-order valence-electron chi connectivity index (χ4n) is 2.99. The number of nitrogens with zero attached hydrogens (tertiary/aromatic N) is 3. The molecule has 0 unspecified atom stereocenters. The Hall–Kier alpha value is -3.27. The van der Waals surface area contributed by atoms with E-state index >= 15 is 0 Å². The van der Waals surface area contributed by atoms with Crippen molar-refractivity contribution in [3.8, 4) is 23.1 Å². The number of aromatic nitrogens is 3. The summed E-state index contributed by atoms with van der Waals surface area (Å²) in [6, 6.07) is 19.9. The van der Waals surface area contributed by atoms with E-state index < -0.39 is 0 Å². The zero-order valence-electron chi connectivity index (χ0n) is 15.7. The first-order valence-electron chi connectivity index (χ1n) is 9.08. The lowest BCUT2D eigenvalue weighted by Gasteiger charge is -2.14. The predicted molar refractivity (Wildman–Crippen MR) is 108 cm³/mol. The van der Waals surface area contributed by atoms with Crippen LogP contribution < -0.4 is 4.74 Å². The molecule has 0 amide bonds. The topological polar surface area (TPSA) is 47.9 Å². The molecule has 0 saturated carbocycles. The Labute approximate surface area is 158 Å². The summed E-state index contributed by atoms with van der Waals surface area (Å²) >= 11 is 0. The maximum atomic E-state index is 6.18. The number of hydrogen-bond acceptors (Lipinski definition) is 4. The molecule has 4 nitrogen and oxygen atoms in total. The van der Waals surface area contributed by atoms with E-state index in [1.807, 2.05) is 67.7 Å². The summed E-state index contributed by atoms with van der Waals surface area (Å²) in [7, 11) is 0. The zero-order valence-corrected chi connectivity index (χ0v) is 15.7. The Kier molecular flexibility index (Phi) is 4.55. The van der Waals surface area contributed by atoms with Crippen molar-refractivity contribution in [3.05, 3.63) is 78.0 Å². The van der Waals surface area contributed by atoms with E-state index in [9.17, 15) is 0 Å². The van der Waals surface area contributed by atoms with E-state index in [4.69, 9.17) is 9.72 Å². The van der Waals surface area contributed by atoms with Crippen LogP contribution in [0.5, 0.6) is 11.6 Å². The van der Waals surface area contributed by atoms with Gasteiger partial charge < -0.3 is 4.74 Å². The first-order chi connectivity index (χ1) is 13.1. The van der Waals surface area contributed by atoms with Gasteiger partial charge in [-0.1, -0.05) is 56.3 Å². The molecule has 2 heterocycles.